The van der Waals surface area contributed by atoms with E-state index in [2.05, 4.69) is 20.2 Å². The Balaban J connectivity index is 1.43. The zero-order valence-electron chi connectivity index (χ0n) is 19.3. The van der Waals surface area contributed by atoms with E-state index in [0.717, 1.165) is 61.6 Å². The second-order valence-electron chi connectivity index (χ2n) is 8.59. The second kappa shape index (κ2) is 12.2. The molecule has 1 amide bonds. The largest absolute Gasteiger partial charge is 0.494 e. The smallest absolute Gasteiger partial charge is 0.252 e. The number of nitrogens with one attached hydrogen (secondary N) is 1. The highest BCUT2D eigenvalue weighted by Crippen LogP contribution is 2.26. The Hall–Kier alpha value is -2.42. The van der Waals surface area contributed by atoms with Crippen LogP contribution in [0.4, 0.5) is 5.95 Å². The Morgan fingerprint density at radius 1 is 1.18 bits per heavy atom. The molecule has 0 unspecified atom stereocenters. The van der Waals surface area contributed by atoms with Gasteiger partial charge in [0.1, 0.15) is 5.75 Å². The van der Waals surface area contributed by atoms with Crippen LogP contribution in [0.25, 0.3) is 0 Å². The number of rotatable bonds is 10. The average molecular weight is 477 g/mol. The summed E-state index contributed by atoms with van der Waals surface area (Å²) in [6.07, 6.45) is 7.56. The number of amides is 1. The van der Waals surface area contributed by atoms with E-state index in [9.17, 15) is 15.0 Å². The molecule has 9 heteroatoms. The summed E-state index contributed by atoms with van der Waals surface area (Å²) in [5.41, 5.74) is 2.15. The van der Waals surface area contributed by atoms with Gasteiger partial charge in [0.15, 0.2) is 0 Å². The van der Waals surface area contributed by atoms with Gasteiger partial charge < -0.3 is 25.2 Å². The number of aliphatic hydroxyl groups is 2. The molecule has 0 saturated carbocycles. The predicted molar refractivity (Wildman–Crippen MR) is 128 cm³/mol. The molecule has 2 heterocycles. The minimum atomic E-state index is -0.669. The van der Waals surface area contributed by atoms with E-state index in [4.69, 9.17) is 16.3 Å². The van der Waals surface area contributed by atoms with Crippen molar-refractivity contribution in [3.05, 3.63) is 46.2 Å². The van der Waals surface area contributed by atoms with Gasteiger partial charge in [-0.05, 0) is 68.7 Å². The normalized spacial score (nSPS) is 14.5. The molecule has 3 rings (SSSR count). The van der Waals surface area contributed by atoms with Crippen molar-refractivity contribution in [2.45, 2.75) is 45.6 Å². The summed E-state index contributed by atoms with van der Waals surface area (Å²) in [5, 5.41) is 21.6. The lowest BCUT2D eigenvalue weighted by Crippen LogP contribution is -2.40. The first-order valence-corrected chi connectivity index (χ1v) is 11.8. The van der Waals surface area contributed by atoms with Crippen LogP contribution in [0, 0.1) is 19.8 Å². The van der Waals surface area contributed by atoms with Crippen molar-refractivity contribution in [2.24, 2.45) is 5.92 Å². The predicted octanol–water partition coefficient (Wildman–Crippen LogP) is 2.91. The quantitative estimate of drug-likeness (QED) is 0.452. The summed E-state index contributed by atoms with van der Waals surface area (Å²) in [5.74, 6) is 1.85. The molecule has 33 heavy (non-hydrogen) atoms. The highest BCUT2D eigenvalue weighted by atomic mass is 35.5. The molecule has 1 aromatic heterocycles. The number of ether oxygens (including phenoxy) is 1. The molecule has 8 nitrogen and oxygen atoms in total. The Morgan fingerprint density at radius 3 is 2.36 bits per heavy atom. The minimum absolute atomic E-state index is 0.306. The van der Waals surface area contributed by atoms with Gasteiger partial charge in [-0.25, -0.2) is 9.97 Å². The molecule has 0 radical (unpaired) electrons. The van der Waals surface area contributed by atoms with E-state index in [1.807, 2.05) is 26.0 Å². The van der Waals surface area contributed by atoms with Gasteiger partial charge in [0.25, 0.3) is 5.91 Å². The zero-order valence-corrected chi connectivity index (χ0v) is 20.0. The number of benzene rings is 1. The van der Waals surface area contributed by atoms with Crippen molar-refractivity contribution in [1.29, 1.82) is 0 Å². The van der Waals surface area contributed by atoms with Crippen LogP contribution in [0.15, 0.2) is 24.5 Å². The lowest BCUT2D eigenvalue weighted by Gasteiger charge is -2.32. The van der Waals surface area contributed by atoms with Gasteiger partial charge in [-0.2, -0.15) is 0 Å². The number of piperidine rings is 1. The fourth-order valence-electron chi connectivity index (χ4n) is 4.22. The van der Waals surface area contributed by atoms with Crippen LogP contribution >= 0.6 is 11.6 Å². The number of hydrogen-bond donors (Lipinski definition) is 3. The molecule has 0 atom stereocenters. The number of halogens is 1. The number of anilines is 1. The van der Waals surface area contributed by atoms with Gasteiger partial charge >= 0.3 is 0 Å². The van der Waals surface area contributed by atoms with Gasteiger partial charge in [0.2, 0.25) is 5.95 Å². The van der Waals surface area contributed by atoms with Crippen molar-refractivity contribution in [1.82, 2.24) is 15.3 Å². The molecular weight excluding hydrogens is 444 g/mol. The van der Waals surface area contributed by atoms with Gasteiger partial charge in [0, 0.05) is 18.7 Å². The summed E-state index contributed by atoms with van der Waals surface area (Å²) in [4.78, 5) is 23.3. The standard InChI is InChI=1S/C24H33ClN4O4/c1-16-10-21(11-17(2)22(16)23(32)28-20(14-30)15-31)33-9-3-4-18-5-7-29(8-6-18)24-26-12-19(25)13-27-24/h10-13,18,20,30-31H,3-9,14-15H2,1-2H3,(H,28,32). The maximum Gasteiger partial charge on any atom is 0.252 e. The Bertz CT molecular complexity index is 890. The first-order valence-electron chi connectivity index (χ1n) is 11.4. The van der Waals surface area contributed by atoms with Gasteiger partial charge in [-0.15, -0.1) is 0 Å². The molecule has 1 fully saturated rings. The Morgan fingerprint density at radius 2 is 1.79 bits per heavy atom. The van der Waals surface area contributed by atoms with E-state index in [0.29, 0.717) is 23.1 Å². The number of aryl methyl sites for hydroxylation is 2. The average Bonchev–Trinajstić information content (AvgIpc) is 2.81. The molecule has 1 aromatic carbocycles. The molecular formula is C24H33ClN4O4. The van der Waals surface area contributed by atoms with Crippen LogP contribution in [-0.2, 0) is 0 Å². The van der Waals surface area contributed by atoms with Crippen molar-refractivity contribution < 1.29 is 19.7 Å². The van der Waals surface area contributed by atoms with Crippen LogP contribution in [-0.4, -0.2) is 65.0 Å². The molecule has 0 spiro atoms. The highest BCUT2D eigenvalue weighted by molar-refractivity contribution is 6.30. The lowest BCUT2D eigenvalue weighted by atomic mass is 9.92. The second-order valence-corrected chi connectivity index (χ2v) is 9.03. The van der Waals surface area contributed by atoms with Crippen LogP contribution in [0.1, 0.15) is 47.2 Å². The number of carbonyl (C=O) groups is 1. The molecule has 1 aliphatic heterocycles. The number of carbonyl (C=O) groups excluding carboxylic acids is 1. The first kappa shape index (κ1) is 25.2. The van der Waals surface area contributed by atoms with Crippen LogP contribution in [0.3, 0.4) is 0 Å². The maximum absolute atomic E-state index is 12.5. The topological polar surface area (TPSA) is 108 Å². The first-order chi connectivity index (χ1) is 15.9. The van der Waals surface area contributed by atoms with Crippen molar-refractivity contribution in [2.75, 3.05) is 37.8 Å². The summed E-state index contributed by atoms with van der Waals surface area (Å²) < 4.78 is 5.96. The Labute approximate surface area is 200 Å². The molecule has 2 aromatic rings. The maximum atomic E-state index is 12.5. The number of hydrogen-bond acceptors (Lipinski definition) is 7. The van der Waals surface area contributed by atoms with Gasteiger partial charge in [-0.3, -0.25) is 4.79 Å². The molecule has 1 aliphatic rings. The van der Waals surface area contributed by atoms with Crippen LogP contribution in [0.2, 0.25) is 5.02 Å². The lowest BCUT2D eigenvalue weighted by molar-refractivity contribution is 0.0878. The SMILES string of the molecule is Cc1cc(OCCCC2CCN(c3ncc(Cl)cn3)CC2)cc(C)c1C(=O)NC(CO)CO. The fourth-order valence-corrected chi connectivity index (χ4v) is 4.32. The molecule has 3 N–H and O–H groups in total. The van der Waals surface area contributed by atoms with E-state index < -0.39 is 6.04 Å². The summed E-state index contributed by atoms with van der Waals surface area (Å²) >= 11 is 5.87. The minimum Gasteiger partial charge on any atom is -0.494 e. The molecule has 1 saturated heterocycles. The van der Waals surface area contributed by atoms with E-state index in [1.165, 1.54) is 0 Å². The fraction of sp³-hybridized carbons (Fsp3) is 0.542. The van der Waals surface area contributed by atoms with E-state index in [-0.39, 0.29) is 19.1 Å². The number of aromatic nitrogens is 2. The molecule has 180 valence electrons. The Kier molecular flexibility index (Phi) is 9.29. The summed E-state index contributed by atoms with van der Waals surface area (Å²) in [6.45, 7) is 5.62. The van der Waals surface area contributed by atoms with Gasteiger partial charge in [-0.1, -0.05) is 11.6 Å². The van der Waals surface area contributed by atoms with E-state index in [1.54, 1.807) is 12.4 Å². The number of nitrogens with zero attached hydrogens (tertiary/aromatic N) is 3. The van der Waals surface area contributed by atoms with Crippen LogP contribution < -0.4 is 15.0 Å². The molecule has 0 aliphatic carbocycles. The van der Waals surface area contributed by atoms with Gasteiger partial charge in [0.05, 0.1) is 43.3 Å². The van der Waals surface area contributed by atoms with E-state index >= 15 is 0 Å². The summed E-state index contributed by atoms with van der Waals surface area (Å²) in [6, 6.07) is 3.05. The van der Waals surface area contributed by atoms with Crippen molar-refractivity contribution >= 4 is 23.5 Å². The zero-order chi connectivity index (χ0) is 23.8. The highest BCUT2D eigenvalue weighted by Gasteiger charge is 2.21. The third kappa shape index (κ3) is 7.03. The van der Waals surface area contributed by atoms with Crippen molar-refractivity contribution in [3.8, 4) is 5.75 Å². The summed E-state index contributed by atoms with van der Waals surface area (Å²) in [7, 11) is 0. The third-order valence-corrected chi connectivity index (χ3v) is 6.23. The monoisotopic (exact) mass is 476 g/mol. The van der Waals surface area contributed by atoms with Crippen LogP contribution in [0.5, 0.6) is 5.75 Å². The number of aliphatic hydroxyl groups excluding tert-OH is 2. The van der Waals surface area contributed by atoms with Crippen molar-refractivity contribution in [3.63, 3.8) is 0 Å². The third-order valence-electron chi connectivity index (χ3n) is 6.04. The molecule has 0 bridgehead atoms.